The van der Waals surface area contributed by atoms with E-state index in [0.29, 0.717) is 30.0 Å². The fourth-order valence-corrected chi connectivity index (χ4v) is 4.59. The number of hydrogen-bond acceptors (Lipinski definition) is 7. The predicted molar refractivity (Wildman–Crippen MR) is 130 cm³/mol. The SMILES string of the molecule is CCOC(=O)c1cc2c(c(C(=O)OCC)c1OC)CCCC(NC[C@H](O)c1cccc(Cl)c1)C2. The van der Waals surface area contributed by atoms with Crippen LogP contribution in [0.25, 0.3) is 0 Å². The van der Waals surface area contributed by atoms with Gasteiger partial charge in [0.1, 0.15) is 16.9 Å². The molecule has 0 aromatic heterocycles. The molecule has 0 fully saturated rings. The molecule has 0 bridgehead atoms. The summed E-state index contributed by atoms with van der Waals surface area (Å²) in [5.74, 6) is -0.860. The van der Waals surface area contributed by atoms with Crippen molar-refractivity contribution in [2.24, 2.45) is 0 Å². The second kappa shape index (κ2) is 12.2. The van der Waals surface area contributed by atoms with Crippen molar-refractivity contribution in [3.05, 3.63) is 63.2 Å². The summed E-state index contributed by atoms with van der Waals surface area (Å²) in [5.41, 5.74) is 2.96. The van der Waals surface area contributed by atoms with Crippen LogP contribution in [0.1, 0.15) is 70.2 Å². The second-order valence-electron chi connectivity index (χ2n) is 8.18. The van der Waals surface area contributed by atoms with E-state index >= 15 is 0 Å². The lowest BCUT2D eigenvalue weighted by Crippen LogP contribution is -2.34. The normalized spacial score (nSPS) is 16.2. The van der Waals surface area contributed by atoms with Crippen LogP contribution < -0.4 is 10.1 Å². The number of benzene rings is 2. The number of aliphatic hydroxyl groups excluding tert-OH is 1. The third-order valence-electron chi connectivity index (χ3n) is 5.94. The molecule has 0 aliphatic heterocycles. The van der Waals surface area contributed by atoms with E-state index in [-0.39, 0.29) is 30.6 Å². The van der Waals surface area contributed by atoms with Gasteiger partial charge in [0.25, 0.3) is 0 Å². The van der Waals surface area contributed by atoms with Gasteiger partial charge in [-0.25, -0.2) is 9.59 Å². The van der Waals surface area contributed by atoms with Crippen LogP contribution in [0.15, 0.2) is 30.3 Å². The van der Waals surface area contributed by atoms with Crippen LogP contribution in [-0.2, 0) is 22.3 Å². The number of fused-ring (bicyclic) bond motifs is 1. The molecule has 2 aromatic rings. The molecule has 34 heavy (non-hydrogen) atoms. The van der Waals surface area contributed by atoms with Gasteiger partial charge in [-0.15, -0.1) is 0 Å². The van der Waals surface area contributed by atoms with Gasteiger partial charge in [0.05, 0.1) is 26.4 Å². The molecule has 0 heterocycles. The number of carbonyl (C=O) groups is 2. The zero-order chi connectivity index (χ0) is 24.7. The van der Waals surface area contributed by atoms with E-state index < -0.39 is 18.0 Å². The Morgan fingerprint density at radius 2 is 1.91 bits per heavy atom. The zero-order valence-electron chi connectivity index (χ0n) is 19.9. The van der Waals surface area contributed by atoms with Crippen molar-refractivity contribution in [1.29, 1.82) is 0 Å². The zero-order valence-corrected chi connectivity index (χ0v) is 20.6. The van der Waals surface area contributed by atoms with Gasteiger partial charge in [-0.3, -0.25) is 0 Å². The molecule has 1 aliphatic carbocycles. The summed E-state index contributed by atoms with van der Waals surface area (Å²) in [6, 6.07) is 8.98. The minimum absolute atomic E-state index is 0.0496. The van der Waals surface area contributed by atoms with E-state index in [1.807, 2.05) is 12.1 Å². The number of ether oxygens (including phenoxy) is 3. The molecule has 0 amide bonds. The van der Waals surface area contributed by atoms with Crippen molar-refractivity contribution in [3.8, 4) is 5.75 Å². The molecule has 2 atom stereocenters. The quantitative estimate of drug-likeness (QED) is 0.401. The average Bonchev–Trinajstić information content (AvgIpc) is 3.03. The summed E-state index contributed by atoms with van der Waals surface area (Å²) in [5, 5.41) is 14.6. The highest BCUT2D eigenvalue weighted by atomic mass is 35.5. The van der Waals surface area contributed by atoms with Crippen molar-refractivity contribution >= 4 is 23.5 Å². The van der Waals surface area contributed by atoms with Crippen molar-refractivity contribution in [2.75, 3.05) is 26.9 Å². The first-order chi connectivity index (χ1) is 16.4. The highest BCUT2D eigenvalue weighted by Gasteiger charge is 2.30. The number of nitrogens with one attached hydrogen (secondary N) is 1. The second-order valence-corrected chi connectivity index (χ2v) is 8.62. The first-order valence-corrected chi connectivity index (χ1v) is 12.0. The summed E-state index contributed by atoms with van der Waals surface area (Å²) in [6.07, 6.45) is 2.20. The molecular formula is C26H32ClNO6. The number of esters is 2. The molecule has 0 radical (unpaired) electrons. The van der Waals surface area contributed by atoms with Gasteiger partial charge in [-0.05, 0) is 74.4 Å². The van der Waals surface area contributed by atoms with Gasteiger partial charge < -0.3 is 24.6 Å². The highest BCUT2D eigenvalue weighted by Crippen LogP contribution is 2.35. The molecule has 0 spiro atoms. The molecule has 0 saturated heterocycles. The van der Waals surface area contributed by atoms with E-state index in [4.69, 9.17) is 25.8 Å². The minimum atomic E-state index is -0.706. The molecule has 184 valence electrons. The molecule has 1 aliphatic rings. The number of halogens is 1. The van der Waals surface area contributed by atoms with Crippen LogP contribution >= 0.6 is 11.6 Å². The molecule has 7 nitrogen and oxygen atoms in total. The van der Waals surface area contributed by atoms with E-state index in [0.717, 1.165) is 29.5 Å². The summed E-state index contributed by atoms with van der Waals surface area (Å²) in [7, 11) is 1.44. The van der Waals surface area contributed by atoms with Crippen LogP contribution in [0.4, 0.5) is 0 Å². The van der Waals surface area contributed by atoms with E-state index in [9.17, 15) is 14.7 Å². The van der Waals surface area contributed by atoms with Crippen LogP contribution in [-0.4, -0.2) is 50.0 Å². The van der Waals surface area contributed by atoms with Gasteiger partial charge in [0.2, 0.25) is 0 Å². The number of hydrogen-bond donors (Lipinski definition) is 2. The Labute approximate surface area is 205 Å². The van der Waals surface area contributed by atoms with Crippen molar-refractivity contribution in [1.82, 2.24) is 5.32 Å². The van der Waals surface area contributed by atoms with E-state index in [1.165, 1.54) is 7.11 Å². The summed E-state index contributed by atoms with van der Waals surface area (Å²) in [4.78, 5) is 25.6. The maximum absolute atomic E-state index is 12.9. The fraction of sp³-hybridized carbons (Fsp3) is 0.462. The lowest BCUT2D eigenvalue weighted by molar-refractivity contribution is 0.0516. The fourth-order valence-electron chi connectivity index (χ4n) is 4.40. The largest absolute Gasteiger partial charge is 0.495 e. The summed E-state index contributed by atoms with van der Waals surface area (Å²) < 4.78 is 16.0. The molecule has 3 rings (SSSR count). The van der Waals surface area contributed by atoms with Crippen molar-refractivity contribution < 1.29 is 28.9 Å². The molecule has 2 N–H and O–H groups in total. The Balaban J connectivity index is 1.90. The van der Waals surface area contributed by atoms with Crippen LogP contribution in [0.3, 0.4) is 0 Å². The summed E-state index contributed by atoms with van der Waals surface area (Å²) in [6.45, 7) is 4.24. The Hall–Kier alpha value is -2.61. The van der Waals surface area contributed by atoms with Crippen molar-refractivity contribution in [3.63, 3.8) is 0 Å². The van der Waals surface area contributed by atoms with Crippen LogP contribution in [0.5, 0.6) is 5.75 Å². The smallest absolute Gasteiger partial charge is 0.342 e. The van der Waals surface area contributed by atoms with Crippen LogP contribution in [0.2, 0.25) is 5.02 Å². The lowest BCUT2D eigenvalue weighted by Gasteiger charge is -2.21. The van der Waals surface area contributed by atoms with Gasteiger partial charge in [0, 0.05) is 17.6 Å². The predicted octanol–water partition coefficient (Wildman–Crippen LogP) is 4.27. The standard InChI is InChI=1S/C26H32ClNO6/c1-4-33-25(30)21-14-17-13-19(28-15-22(29)16-8-6-9-18(27)12-16)10-7-11-20(17)23(24(21)32-3)26(31)34-5-2/h6,8-9,12,14,19,22,28-29H,4-5,7,10-11,13,15H2,1-3H3/t19?,22-/m0/s1. The number of methoxy groups -OCH3 is 1. The first-order valence-electron chi connectivity index (χ1n) is 11.6. The number of carbonyl (C=O) groups excluding carboxylic acids is 2. The molecule has 0 saturated carbocycles. The van der Waals surface area contributed by atoms with Gasteiger partial charge >= 0.3 is 11.9 Å². The van der Waals surface area contributed by atoms with E-state index in [2.05, 4.69) is 5.32 Å². The Bertz CT molecular complexity index is 1020. The van der Waals surface area contributed by atoms with E-state index in [1.54, 1.807) is 32.0 Å². The topological polar surface area (TPSA) is 94.1 Å². The maximum Gasteiger partial charge on any atom is 0.342 e. The third kappa shape index (κ3) is 6.09. The van der Waals surface area contributed by atoms with Gasteiger partial charge in [-0.2, -0.15) is 0 Å². The van der Waals surface area contributed by atoms with Gasteiger partial charge in [0.15, 0.2) is 0 Å². The average molecular weight is 490 g/mol. The number of rotatable bonds is 9. The molecule has 1 unspecified atom stereocenters. The monoisotopic (exact) mass is 489 g/mol. The van der Waals surface area contributed by atoms with Gasteiger partial charge in [-0.1, -0.05) is 23.7 Å². The maximum atomic E-state index is 12.9. The Kier molecular flexibility index (Phi) is 9.33. The Morgan fingerprint density at radius 3 is 2.59 bits per heavy atom. The molecular weight excluding hydrogens is 458 g/mol. The molecule has 2 aromatic carbocycles. The minimum Gasteiger partial charge on any atom is -0.495 e. The summed E-state index contributed by atoms with van der Waals surface area (Å²) >= 11 is 6.05. The number of aliphatic hydroxyl groups is 1. The molecule has 8 heteroatoms. The first kappa shape index (κ1) is 26.0. The van der Waals surface area contributed by atoms with Crippen molar-refractivity contribution in [2.45, 2.75) is 51.7 Å². The lowest BCUT2D eigenvalue weighted by atomic mass is 9.92. The Morgan fingerprint density at radius 1 is 1.18 bits per heavy atom. The highest BCUT2D eigenvalue weighted by molar-refractivity contribution is 6.30. The van der Waals surface area contributed by atoms with Crippen LogP contribution in [0, 0.1) is 0 Å². The third-order valence-corrected chi connectivity index (χ3v) is 6.17.